The van der Waals surface area contributed by atoms with Crippen molar-refractivity contribution in [3.8, 4) is 0 Å². The monoisotopic (exact) mass is 97.1 g/mol. The van der Waals surface area contributed by atoms with E-state index < -0.39 is 0 Å². The molecular formula is C5H7NO. The second-order valence-electron chi connectivity index (χ2n) is 1.02. The molecule has 0 aliphatic heterocycles. The van der Waals surface area contributed by atoms with E-state index in [1.165, 1.54) is 12.2 Å². The molecule has 7 heavy (non-hydrogen) atoms. The Hall–Kier alpha value is -1.05. The Kier molecular flexibility index (Phi) is 2.68. The molecule has 0 aromatic heterocycles. The molecule has 2 N–H and O–H groups in total. The smallest absolute Gasteiger partial charge is 0.165 e. The van der Waals surface area contributed by atoms with Crippen LogP contribution in [0.15, 0.2) is 24.4 Å². The highest BCUT2D eigenvalue weighted by Crippen LogP contribution is 1.73. The maximum atomic E-state index is 9.65. The normalized spacial score (nSPS) is 10.6. The molecule has 0 rings (SSSR count). The van der Waals surface area contributed by atoms with E-state index in [4.69, 9.17) is 5.73 Å². The summed E-state index contributed by atoms with van der Waals surface area (Å²) in [5.41, 5.74) is 5.21. The van der Waals surface area contributed by atoms with Gasteiger partial charge in [-0.05, 0) is 6.08 Å². The zero-order valence-electron chi connectivity index (χ0n) is 3.92. The van der Waals surface area contributed by atoms with Gasteiger partial charge in [0.15, 0.2) is 6.29 Å². The van der Waals surface area contributed by atoms with E-state index in [0.29, 0.717) is 6.29 Å². The van der Waals surface area contributed by atoms with Crippen molar-refractivity contribution in [2.24, 2.45) is 5.73 Å². The number of aldehydes is 1. The van der Waals surface area contributed by atoms with Crippen molar-refractivity contribution in [2.45, 2.75) is 0 Å². The lowest BCUT2D eigenvalue weighted by molar-refractivity contribution is -0.104. The first kappa shape index (κ1) is 5.95. The zero-order valence-corrected chi connectivity index (χ0v) is 3.92. The van der Waals surface area contributed by atoms with Crippen LogP contribution in [0.1, 0.15) is 0 Å². The Bertz CT molecular complexity index is 105. The Balaban J connectivity index is 3.72. The molecule has 2 nitrogen and oxygen atoms in total. The molecule has 0 heterocycles. The van der Waals surface area contributed by atoms with Crippen LogP contribution >= 0.6 is 0 Å². The molecule has 0 fully saturated rings. The van der Waals surface area contributed by atoms with Crippen LogP contribution in [0, 0.1) is 0 Å². The van der Waals surface area contributed by atoms with E-state index in [1.54, 1.807) is 0 Å². The summed E-state index contributed by atoms with van der Waals surface area (Å²) in [7, 11) is 0. The molecular weight excluding hydrogens is 90.1 g/mol. The van der Waals surface area contributed by atoms with Gasteiger partial charge < -0.3 is 5.73 Å². The fourth-order valence-corrected chi connectivity index (χ4v) is 0.175. The molecule has 0 spiro atoms. The molecule has 0 aliphatic carbocycles. The van der Waals surface area contributed by atoms with Crippen LogP contribution < -0.4 is 5.73 Å². The third kappa shape index (κ3) is 2.76. The minimum absolute atomic E-state index is 0.204. The third-order valence-electron chi connectivity index (χ3n) is 0.446. The minimum atomic E-state index is 0.204. The van der Waals surface area contributed by atoms with Gasteiger partial charge in [0.25, 0.3) is 0 Å². The van der Waals surface area contributed by atoms with Crippen molar-refractivity contribution in [2.75, 3.05) is 0 Å². The van der Waals surface area contributed by atoms with Crippen LogP contribution in [0.25, 0.3) is 0 Å². The molecule has 2 heteroatoms. The van der Waals surface area contributed by atoms with Gasteiger partial charge in [0.05, 0.1) is 5.70 Å². The maximum absolute atomic E-state index is 9.65. The number of allylic oxidation sites excluding steroid dienone is 3. The molecule has 38 valence electrons. The van der Waals surface area contributed by atoms with Crippen molar-refractivity contribution in [1.82, 2.24) is 0 Å². The highest BCUT2D eigenvalue weighted by atomic mass is 16.1. The number of carbonyl (C=O) groups excluding carboxylic acids is 1. The summed E-state index contributed by atoms with van der Waals surface area (Å²) in [4.78, 5) is 9.65. The van der Waals surface area contributed by atoms with E-state index in [0.717, 1.165) is 0 Å². The Labute approximate surface area is 42.3 Å². The molecule has 0 unspecified atom stereocenters. The lowest BCUT2D eigenvalue weighted by Crippen LogP contribution is -1.95. The summed E-state index contributed by atoms with van der Waals surface area (Å²) in [5.74, 6) is 0. The highest BCUT2D eigenvalue weighted by molar-refractivity contribution is 5.71. The van der Waals surface area contributed by atoms with Gasteiger partial charge in [0.2, 0.25) is 0 Å². The van der Waals surface area contributed by atoms with Gasteiger partial charge >= 0.3 is 0 Å². The lowest BCUT2D eigenvalue weighted by atomic mass is 10.4. The molecule has 0 aromatic carbocycles. The molecule has 0 aliphatic rings. The Morgan fingerprint density at radius 1 is 1.71 bits per heavy atom. The molecule has 0 amide bonds. The van der Waals surface area contributed by atoms with Gasteiger partial charge in [0, 0.05) is 0 Å². The number of nitrogens with two attached hydrogens (primary N) is 1. The van der Waals surface area contributed by atoms with Gasteiger partial charge in [-0.15, -0.1) is 0 Å². The van der Waals surface area contributed by atoms with Gasteiger partial charge in [0.1, 0.15) is 0 Å². The standard InChI is InChI=1S/C5H7NO/c1-2-3-5(6)4-7/h2-4H,1,6H2. The first-order valence-electron chi connectivity index (χ1n) is 1.84. The summed E-state index contributed by atoms with van der Waals surface area (Å²) >= 11 is 0. The molecule has 0 atom stereocenters. The van der Waals surface area contributed by atoms with Crippen LogP contribution in [-0.2, 0) is 4.79 Å². The van der Waals surface area contributed by atoms with Gasteiger partial charge in [-0.2, -0.15) is 0 Å². The van der Waals surface area contributed by atoms with Crippen molar-refractivity contribution in [3.63, 3.8) is 0 Å². The summed E-state index contributed by atoms with van der Waals surface area (Å²) in [6.07, 6.45) is 3.47. The van der Waals surface area contributed by atoms with Crippen LogP contribution in [0.2, 0.25) is 0 Å². The van der Waals surface area contributed by atoms with E-state index in [2.05, 4.69) is 6.58 Å². The first-order valence-corrected chi connectivity index (χ1v) is 1.84. The second kappa shape index (κ2) is 3.15. The molecule has 0 saturated heterocycles. The van der Waals surface area contributed by atoms with Crippen molar-refractivity contribution in [1.29, 1.82) is 0 Å². The van der Waals surface area contributed by atoms with E-state index in [9.17, 15) is 4.79 Å². The van der Waals surface area contributed by atoms with Gasteiger partial charge in [-0.25, -0.2) is 0 Å². The summed E-state index contributed by atoms with van der Waals surface area (Å²) in [5, 5.41) is 0. The van der Waals surface area contributed by atoms with Crippen molar-refractivity contribution < 1.29 is 4.79 Å². The average Bonchev–Trinajstić information content (AvgIpc) is 1.68. The SMILES string of the molecule is C=CC=C(N)C=O. The largest absolute Gasteiger partial charge is 0.396 e. The number of carbonyl (C=O) groups is 1. The first-order chi connectivity index (χ1) is 3.31. The van der Waals surface area contributed by atoms with Crippen molar-refractivity contribution >= 4 is 6.29 Å². The summed E-state index contributed by atoms with van der Waals surface area (Å²) in [6.45, 7) is 3.33. The predicted molar refractivity (Wildman–Crippen MR) is 28.5 cm³/mol. The number of rotatable bonds is 2. The molecule has 0 aromatic rings. The summed E-state index contributed by atoms with van der Waals surface area (Å²) < 4.78 is 0. The molecule has 0 radical (unpaired) electrons. The number of hydrogen-bond acceptors (Lipinski definition) is 2. The maximum Gasteiger partial charge on any atom is 0.165 e. The van der Waals surface area contributed by atoms with Crippen LogP contribution in [0.4, 0.5) is 0 Å². The van der Waals surface area contributed by atoms with Crippen LogP contribution in [0.3, 0.4) is 0 Å². The topological polar surface area (TPSA) is 43.1 Å². The fraction of sp³-hybridized carbons (Fsp3) is 0. The van der Waals surface area contributed by atoms with Gasteiger partial charge in [-0.1, -0.05) is 12.7 Å². The third-order valence-corrected chi connectivity index (χ3v) is 0.446. The quantitative estimate of drug-likeness (QED) is 0.304. The Morgan fingerprint density at radius 3 is 2.43 bits per heavy atom. The Morgan fingerprint density at radius 2 is 2.29 bits per heavy atom. The van der Waals surface area contributed by atoms with Crippen LogP contribution in [-0.4, -0.2) is 6.29 Å². The van der Waals surface area contributed by atoms with Crippen molar-refractivity contribution in [3.05, 3.63) is 24.4 Å². The van der Waals surface area contributed by atoms with Crippen LogP contribution in [0.5, 0.6) is 0 Å². The van der Waals surface area contributed by atoms with E-state index >= 15 is 0 Å². The lowest BCUT2D eigenvalue weighted by Gasteiger charge is -1.77. The van der Waals surface area contributed by atoms with Gasteiger partial charge in [-0.3, -0.25) is 4.79 Å². The zero-order chi connectivity index (χ0) is 5.70. The molecule has 0 saturated carbocycles. The number of hydrogen-bond donors (Lipinski definition) is 1. The average molecular weight is 97.1 g/mol. The van der Waals surface area contributed by atoms with E-state index in [1.807, 2.05) is 0 Å². The second-order valence-corrected chi connectivity index (χ2v) is 1.02. The van der Waals surface area contributed by atoms with E-state index in [-0.39, 0.29) is 5.70 Å². The molecule has 0 bridgehead atoms. The predicted octanol–water partition coefficient (Wildman–Crippen LogP) is 0.214. The summed E-state index contributed by atoms with van der Waals surface area (Å²) in [6, 6.07) is 0. The highest BCUT2D eigenvalue weighted by Gasteiger charge is 1.74. The minimum Gasteiger partial charge on any atom is -0.396 e. The fourth-order valence-electron chi connectivity index (χ4n) is 0.175.